The Morgan fingerprint density at radius 2 is 2.07 bits per heavy atom. The van der Waals surface area contributed by atoms with E-state index in [4.69, 9.17) is 17.4 Å². The number of benzene rings is 2. The average Bonchev–Trinajstić information content (AvgIpc) is 3.16. The second kappa shape index (κ2) is 9.04. The van der Waals surface area contributed by atoms with Crippen LogP contribution in [0.25, 0.3) is 10.8 Å². The fraction of sp³-hybridized carbons (Fsp3) is 0.522. The van der Waals surface area contributed by atoms with E-state index < -0.39 is 0 Å². The number of carbonyl (C=O) groups excluding carboxylic acids is 1. The van der Waals surface area contributed by atoms with Gasteiger partial charge in [-0.05, 0) is 42.6 Å². The summed E-state index contributed by atoms with van der Waals surface area (Å²) in [6, 6.07) is 14.4. The molecule has 0 unspecified atom stereocenters. The number of amides is 1. The molecule has 2 aromatic rings. The molecule has 2 N–H and O–H groups in total. The summed E-state index contributed by atoms with van der Waals surface area (Å²) < 4.78 is 5.46. The van der Waals surface area contributed by atoms with Crippen LogP contribution in [0.5, 0.6) is 0 Å². The molecule has 0 radical (unpaired) electrons. The summed E-state index contributed by atoms with van der Waals surface area (Å²) in [5.74, 6) is 0.119. The van der Waals surface area contributed by atoms with Crippen molar-refractivity contribution < 1.29 is 9.53 Å². The van der Waals surface area contributed by atoms with Crippen molar-refractivity contribution in [1.29, 1.82) is 0 Å². The number of thiol groups is 1. The maximum Gasteiger partial charge on any atom is 0.255 e. The van der Waals surface area contributed by atoms with Gasteiger partial charge in [-0.1, -0.05) is 36.4 Å². The number of nitrogens with zero attached hydrogens (tertiary/aromatic N) is 1. The number of ether oxygens (including phenoxy) is 1. The van der Waals surface area contributed by atoms with E-state index in [-0.39, 0.29) is 11.4 Å². The van der Waals surface area contributed by atoms with Gasteiger partial charge in [0.15, 0.2) is 0 Å². The summed E-state index contributed by atoms with van der Waals surface area (Å²) in [7, 11) is 1.73. The summed E-state index contributed by atoms with van der Waals surface area (Å²) in [5.41, 5.74) is 0.499. The highest BCUT2D eigenvalue weighted by atomic mass is 32.1. The summed E-state index contributed by atoms with van der Waals surface area (Å²) in [4.78, 5) is 16.0. The Balaban J connectivity index is 1.70. The molecule has 0 saturated carbocycles. The number of hydrogen-bond donors (Lipinski definition) is 3. The molecule has 2 saturated heterocycles. The third kappa shape index (κ3) is 4.17. The van der Waals surface area contributed by atoms with Crippen LogP contribution in [0.15, 0.2) is 42.5 Å². The van der Waals surface area contributed by atoms with Gasteiger partial charge < -0.3 is 20.3 Å². The van der Waals surface area contributed by atoms with Crippen molar-refractivity contribution >= 4 is 29.3 Å². The fourth-order valence-electron chi connectivity index (χ4n) is 4.89. The molecule has 0 spiro atoms. The van der Waals surface area contributed by atoms with Gasteiger partial charge in [-0.25, -0.2) is 0 Å². The topological polar surface area (TPSA) is 53.6 Å². The predicted molar refractivity (Wildman–Crippen MR) is 121 cm³/mol. The molecule has 0 aliphatic carbocycles. The number of fused-ring (bicyclic) bond motifs is 1. The van der Waals surface area contributed by atoms with Crippen LogP contribution in [0.1, 0.15) is 29.6 Å². The second-order valence-corrected chi connectivity index (χ2v) is 8.91. The van der Waals surface area contributed by atoms with Crippen molar-refractivity contribution in [1.82, 2.24) is 15.5 Å². The van der Waals surface area contributed by atoms with Crippen molar-refractivity contribution in [3.05, 3.63) is 48.0 Å². The lowest BCUT2D eigenvalue weighted by molar-refractivity contribution is 0.0166. The third-order valence-electron chi connectivity index (χ3n) is 6.49. The van der Waals surface area contributed by atoms with Gasteiger partial charge in [0.1, 0.15) is 0 Å². The summed E-state index contributed by atoms with van der Waals surface area (Å²) in [6.45, 7) is 3.92. The van der Waals surface area contributed by atoms with E-state index in [1.54, 1.807) is 7.11 Å². The summed E-state index contributed by atoms with van der Waals surface area (Å²) in [5, 5.41) is 9.59. The van der Waals surface area contributed by atoms with Crippen LogP contribution in [0.4, 0.5) is 0 Å². The van der Waals surface area contributed by atoms with E-state index in [2.05, 4.69) is 27.7 Å². The summed E-state index contributed by atoms with van der Waals surface area (Å²) >= 11 is 4.80. The first-order chi connectivity index (χ1) is 14.1. The van der Waals surface area contributed by atoms with Gasteiger partial charge in [0, 0.05) is 50.2 Å². The number of hydrogen-bond acceptors (Lipinski definition) is 5. The van der Waals surface area contributed by atoms with E-state index in [1.807, 2.05) is 30.3 Å². The number of rotatable bonds is 6. The molecule has 0 bridgehead atoms. The Morgan fingerprint density at radius 3 is 2.86 bits per heavy atom. The lowest BCUT2D eigenvalue weighted by Crippen LogP contribution is -2.65. The monoisotopic (exact) mass is 413 g/mol. The van der Waals surface area contributed by atoms with Crippen molar-refractivity contribution in [2.75, 3.05) is 39.9 Å². The molecule has 4 rings (SSSR count). The Kier molecular flexibility index (Phi) is 6.44. The normalized spacial score (nSPS) is 27.4. The molecule has 156 valence electrons. The molecular formula is C23H31N3O2S. The summed E-state index contributed by atoms with van der Waals surface area (Å²) in [6.07, 6.45) is 2.76. The number of carbonyl (C=O) groups is 1. The van der Waals surface area contributed by atoms with Crippen LogP contribution < -0.4 is 10.6 Å². The standard InChI is InChI=1S/C23H31N3O2S/c1-28-14-10-23(15-20-21(29)9-11-25-20)16-24-12-13-26(23)22(27)19-8-4-6-17-5-2-3-7-18(17)19/h2-8,20-21,24-25,29H,9-16H2,1H3/t20-,21-,23-/m1/s1. The average molecular weight is 414 g/mol. The quantitative estimate of drug-likeness (QED) is 0.638. The zero-order valence-corrected chi connectivity index (χ0v) is 18.0. The van der Waals surface area contributed by atoms with E-state index in [0.717, 1.165) is 55.2 Å². The van der Waals surface area contributed by atoms with Crippen LogP contribution in [-0.4, -0.2) is 67.5 Å². The number of methoxy groups -OCH3 is 1. The largest absolute Gasteiger partial charge is 0.385 e. The van der Waals surface area contributed by atoms with Gasteiger partial charge in [0.2, 0.25) is 0 Å². The SMILES string of the molecule is COCC[C@@]1(C[C@H]2NCC[C@H]2S)CNCCN1C(=O)c1cccc2ccccc12. The first-order valence-electron chi connectivity index (χ1n) is 10.6. The molecule has 6 heteroatoms. The Bertz CT molecular complexity index is 856. The van der Waals surface area contributed by atoms with Crippen LogP contribution >= 0.6 is 12.6 Å². The first-order valence-corrected chi connectivity index (χ1v) is 11.1. The second-order valence-electron chi connectivity index (χ2n) is 8.25. The molecule has 1 amide bonds. The Labute approximate surface area is 178 Å². The molecule has 5 nitrogen and oxygen atoms in total. The molecule has 2 aliphatic heterocycles. The fourth-order valence-corrected chi connectivity index (χ4v) is 5.23. The van der Waals surface area contributed by atoms with Gasteiger partial charge >= 0.3 is 0 Å². The van der Waals surface area contributed by atoms with E-state index in [0.29, 0.717) is 24.4 Å². The first kappa shape index (κ1) is 20.7. The zero-order chi connectivity index (χ0) is 20.3. The van der Waals surface area contributed by atoms with Gasteiger partial charge in [0.25, 0.3) is 5.91 Å². The van der Waals surface area contributed by atoms with Gasteiger partial charge in [0.05, 0.1) is 5.54 Å². The molecule has 2 fully saturated rings. The van der Waals surface area contributed by atoms with Crippen LogP contribution in [0.2, 0.25) is 0 Å². The minimum absolute atomic E-state index is 0.119. The zero-order valence-electron chi connectivity index (χ0n) is 17.1. The highest BCUT2D eigenvalue weighted by Crippen LogP contribution is 2.33. The van der Waals surface area contributed by atoms with Crippen LogP contribution in [0, 0.1) is 0 Å². The smallest absolute Gasteiger partial charge is 0.255 e. The van der Waals surface area contributed by atoms with Crippen molar-refractivity contribution in [2.24, 2.45) is 0 Å². The van der Waals surface area contributed by atoms with E-state index >= 15 is 0 Å². The van der Waals surface area contributed by atoms with Crippen molar-refractivity contribution in [3.63, 3.8) is 0 Å². The lowest BCUT2D eigenvalue weighted by atomic mass is 9.83. The molecule has 2 aromatic carbocycles. The van der Waals surface area contributed by atoms with Gasteiger partial charge in [-0.15, -0.1) is 0 Å². The Morgan fingerprint density at radius 1 is 1.24 bits per heavy atom. The maximum atomic E-state index is 13.9. The van der Waals surface area contributed by atoms with Crippen molar-refractivity contribution in [2.45, 2.75) is 36.1 Å². The minimum Gasteiger partial charge on any atom is -0.385 e. The van der Waals surface area contributed by atoms with E-state index in [9.17, 15) is 4.79 Å². The molecular weight excluding hydrogens is 382 g/mol. The predicted octanol–water partition coefficient (Wildman–Crippen LogP) is 2.71. The van der Waals surface area contributed by atoms with Crippen LogP contribution in [0.3, 0.4) is 0 Å². The minimum atomic E-state index is -0.286. The van der Waals surface area contributed by atoms with E-state index in [1.165, 1.54) is 0 Å². The van der Waals surface area contributed by atoms with Gasteiger partial charge in [-0.3, -0.25) is 4.79 Å². The van der Waals surface area contributed by atoms with Crippen LogP contribution in [-0.2, 0) is 4.74 Å². The third-order valence-corrected chi connectivity index (χ3v) is 7.10. The highest BCUT2D eigenvalue weighted by Gasteiger charge is 2.45. The Hall–Kier alpha value is -1.60. The molecule has 3 atom stereocenters. The molecule has 29 heavy (non-hydrogen) atoms. The maximum absolute atomic E-state index is 13.9. The van der Waals surface area contributed by atoms with Gasteiger partial charge in [-0.2, -0.15) is 12.6 Å². The number of piperazine rings is 1. The molecule has 2 heterocycles. The molecule has 0 aromatic heterocycles. The number of nitrogens with one attached hydrogen (secondary N) is 2. The lowest BCUT2D eigenvalue weighted by Gasteiger charge is -2.49. The van der Waals surface area contributed by atoms with Crippen molar-refractivity contribution in [3.8, 4) is 0 Å². The molecule has 2 aliphatic rings. The highest BCUT2D eigenvalue weighted by molar-refractivity contribution is 7.81.